The van der Waals surface area contributed by atoms with Crippen molar-refractivity contribution in [1.82, 2.24) is 4.98 Å². The van der Waals surface area contributed by atoms with Crippen LogP contribution in [0.1, 0.15) is 0 Å². The smallest absolute Gasteiger partial charge is 0.132 e. The lowest BCUT2D eigenvalue weighted by atomic mass is 10.0. The van der Waals surface area contributed by atoms with Gasteiger partial charge in [0.25, 0.3) is 0 Å². The van der Waals surface area contributed by atoms with E-state index in [1.807, 2.05) is 18.2 Å². The lowest BCUT2D eigenvalue weighted by Crippen LogP contribution is -1.94. The van der Waals surface area contributed by atoms with E-state index in [2.05, 4.69) is 4.98 Å². The highest BCUT2D eigenvalue weighted by molar-refractivity contribution is 5.87. The number of nitrogens with zero attached hydrogens (tertiary/aromatic N) is 1. The average Bonchev–Trinajstić information content (AvgIpc) is 2.54. The molecule has 2 aromatic carbocycles. The molecule has 0 amide bonds. The number of aromatic nitrogens is 1. The summed E-state index contributed by atoms with van der Waals surface area (Å²) in [6, 6.07) is 12.1. The Bertz CT molecular complexity index is 780. The minimum atomic E-state index is -0.296. The van der Waals surface area contributed by atoms with E-state index in [1.165, 1.54) is 6.07 Å². The number of rotatable bonds is 3. The number of ether oxygens (including phenoxy) is 2. The molecule has 0 N–H and O–H groups in total. The SMILES string of the molecule is COc1cccc(OC)c1-c1cnc2cccc(F)c2c1. The third kappa shape index (κ3) is 2.29. The fourth-order valence-electron chi connectivity index (χ4n) is 2.39. The maximum Gasteiger partial charge on any atom is 0.132 e. The van der Waals surface area contributed by atoms with Crippen LogP contribution in [-0.4, -0.2) is 19.2 Å². The van der Waals surface area contributed by atoms with E-state index in [0.717, 1.165) is 11.1 Å². The molecular formula is C17H14FNO2. The van der Waals surface area contributed by atoms with Gasteiger partial charge in [-0.05, 0) is 30.3 Å². The van der Waals surface area contributed by atoms with Crippen molar-refractivity contribution in [1.29, 1.82) is 0 Å². The highest BCUT2D eigenvalue weighted by Gasteiger charge is 2.14. The molecule has 0 atom stereocenters. The fourth-order valence-corrected chi connectivity index (χ4v) is 2.39. The van der Waals surface area contributed by atoms with Crippen molar-refractivity contribution in [2.45, 2.75) is 0 Å². The Balaban J connectivity index is 2.28. The quantitative estimate of drug-likeness (QED) is 0.726. The molecule has 0 spiro atoms. The molecule has 0 fully saturated rings. The van der Waals surface area contributed by atoms with E-state index in [-0.39, 0.29) is 5.82 Å². The summed E-state index contributed by atoms with van der Waals surface area (Å²) in [5.41, 5.74) is 2.13. The number of halogens is 1. The molecular weight excluding hydrogens is 269 g/mol. The Labute approximate surface area is 122 Å². The van der Waals surface area contributed by atoms with Crippen LogP contribution in [-0.2, 0) is 0 Å². The van der Waals surface area contributed by atoms with E-state index in [4.69, 9.17) is 9.47 Å². The Morgan fingerprint density at radius 3 is 2.29 bits per heavy atom. The van der Waals surface area contributed by atoms with Crippen molar-refractivity contribution in [2.24, 2.45) is 0 Å². The summed E-state index contributed by atoms with van der Waals surface area (Å²) in [6.07, 6.45) is 1.70. The van der Waals surface area contributed by atoms with Crippen molar-refractivity contribution in [3.05, 3.63) is 54.5 Å². The predicted molar refractivity (Wildman–Crippen MR) is 80.2 cm³/mol. The summed E-state index contributed by atoms with van der Waals surface area (Å²) >= 11 is 0. The standard InChI is InChI=1S/C17H14FNO2/c1-20-15-7-4-8-16(21-2)17(15)11-9-12-13(18)5-3-6-14(12)19-10-11/h3-10H,1-2H3. The molecule has 106 valence electrons. The number of methoxy groups -OCH3 is 2. The molecule has 3 nitrogen and oxygen atoms in total. The number of pyridine rings is 1. The molecule has 4 heteroatoms. The summed E-state index contributed by atoms with van der Waals surface area (Å²) in [5, 5.41) is 0.475. The van der Waals surface area contributed by atoms with Crippen molar-refractivity contribution in [3.63, 3.8) is 0 Å². The zero-order chi connectivity index (χ0) is 14.8. The Kier molecular flexibility index (Phi) is 3.44. The summed E-state index contributed by atoms with van der Waals surface area (Å²) in [5.74, 6) is 1.02. The van der Waals surface area contributed by atoms with Crippen LogP contribution in [0.25, 0.3) is 22.0 Å². The molecule has 1 aromatic heterocycles. The molecule has 3 aromatic rings. The second-order valence-electron chi connectivity index (χ2n) is 4.57. The highest BCUT2D eigenvalue weighted by Crippen LogP contribution is 2.38. The van der Waals surface area contributed by atoms with Gasteiger partial charge in [0.05, 0.1) is 25.3 Å². The van der Waals surface area contributed by atoms with Crippen molar-refractivity contribution in [3.8, 4) is 22.6 Å². The lowest BCUT2D eigenvalue weighted by molar-refractivity contribution is 0.397. The van der Waals surface area contributed by atoms with Gasteiger partial charge in [-0.1, -0.05) is 12.1 Å². The number of hydrogen-bond donors (Lipinski definition) is 0. The largest absolute Gasteiger partial charge is 0.496 e. The normalized spacial score (nSPS) is 10.6. The van der Waals surface area contributed by atoms with Crippen LogP contribution in [0.3, 0.4) is 0 Å². The van der Waals surface area contributed by atoms with Crippen LogP contribution in [0.2, 0.25) is 0 Å². The molecule has 0 radical (unpaired) electrons. The van der Waals surface area contributed by atoms with E-state index in [1.54, 1.807) is 38.6 Å². The van der Waals surface area contributed by atoms with Crippen LogP contribution in [0.15, 0.2) is 48.7 Å². The number of fused-ring (bicyclic) bond motifs is 1. The van der Waals surface area contributed by atoms with Crippen molar-refractivity contribution in [2.75, 3.05) is 14.2 Å². The van der Waals surface area contributed by atoms with E-state index in [0.29, 0.717) is 22.4 Å². The van der Waals surface area contributed by atoms with Crippen molar-refractivity contribution >= 4 is 10.9 Å². The summed E-state index contributed by atoms with van der Waals surface area (Å²) in [4.78, 5) is 4.32. The zero-order valence-electron chi connectivity index (χ0n) is 11.8. The fraction of sp³-hybridized carbons (Fsp3) is 0.118. The van der Waals surface area contributed by atoms with Gasteiger partial charge in [0.2, 0.25) is 0 Å². The number of benzene rings is 2. The van der Waals surface area contributed by atoms with Crippen LogP contribution in [0.5, 0.6) is 11.5 Å². The Morgan fingerprint density at radius 2 is 1.62 bits per heavy atom. The van der Waals surface area contributed by atoms with Gasteiger partial charge in [-0.3, -0.25) is 4.98 Å². The zero-order valence-corrected chi connectivity index (χ0v) is 11.8. The predicted octanol–water partition coefficient (Wildman–Crippen LogP) is 4.06. The van der Waals surface area contributed by atoms with Crippen LogP contribution in [0, 0.1) is 5.82 Å². The van der Waals surface area contributed by atoms with Crippen LogP contribution < -0.4 is 9.47 Å². The van der Waals surface area contributed by atoms with Gasteiger partial charge in [-0.2, -0.15) is 0 Å². The van der Waals surface area contributed by atoms with Gasteiger partial charge in [0.15, 0.2) is 0 Å². The first-order valence-electron chi connectivity index (χ1n) is 6.50. The average molecular weight is 283 g/mol. The highest BCUT2D eigenvalue weighted by atomic mass is 19.1. The van der Waals surface area contributed by atoms with Crippen LogP contribution in [0.4, 0.5) is 4.39 Å². The summed E-state index contributed by atoms with van der Waals surface area (Å²) in [6.45, 7) is 0. The lowest BCUT2D eigenvalue weighted by Gasteiger charge is -2.13. The first-order valence-corrected chi connectivity index (χ1v) is 6.50. The molecule has 0 aliphatic rings. The monoisotopic (exact) mass is 283 g/mol. The van der Waals surface area contributed by atoms with E-state index < -0.39 is 0 Å². The van der Waals surface area contributed by atoms with Crippen molar-refractivity contribution < 1.29 is 13.9 Å². The van der Waals surface area contributed by atoms with Gasteiger partial charge in [-0.15, -0.1) is 0 Å². The van der Waals surface area contributed by atoms with Gasteiger partial charge in [0, 0.05) is 17.1 Å². The summed E-state index contributed by atoms with van der Waals surface area (Å²) < 4.78 is 24.7. The third-order valence-corrected chi connectivity index (χ3v) is 3.39. The number of hydrogen-bond acceptors (Lipinski definition) is 3. The molecule has 0 aliphatic carbocycles. The molecule has 0 saturated carbocycles. The Hall–Kier alpha value is -2.62. The molecule has 0 bridgehead atoms. The minimum absolute atomic E-state index is 0.296. The summed E-state index contributed by atoms with van der Waals surface area (Å²) in [7, 11) is 3.18. The molecule has 1 heterocycles. The first-order chi connectivity index (χ1) is 10.2. The van der Waals surface area contributed by atoms with E-state index >= 15 is 0 Å². The third-order valence-electron chi connectivity index (χ3n) is 3.39. The minimum Gasteiger partial charge on any atom is -0.496 e. The van der Waals surface area contributed by atoms with Gasteiger partial charge in [0.1, 0.15) is 17.3 Å². The Morgan fingerprint density at radius 1 is 0.952 bits per heavy atom. The second kappa shape index (κ2) is 5.40. The van der Waals surface area contributed by atoms with Crippen LogP contribution >= 0.6 is 0 Å². The first kappa shape index (κ1) is 13.4. The topological polar surface area (TPSA) is 31.4 Å². The molecule has 21 heavy (non-hydrogen) atoms. The van der Waals surface area contributed by atoms with Gasteiger partial charge in [-0.25, -0.2) is 4.39 Å². The maximum absolute atomic E-state index is 13.9. The maximum atomic E-state index is 13.9. The van der Waals surface area contributed by atoms with Gasteiger partial charge < -0.3 is 9.47 Å². The van der Waals surface area contributed by atoms with E-state index in [9.17, 15) is 4.39 Å². The molecule has 0 saturated heterocycles. The molecule has 0 unspecified atom stereocenters. The van der Waals surface area contributed by atoms with Gasteiger partial charge >= 0.3 is 0 Å². The molecule has 0 aliphatic heterocycles. The second-order valence-corrected chi connectivity index (χ2v) is 4.57. The molecule has 3 rings (SSSR count).